The molecule has 0 saturated carbocycles. The zero-order valence-electron chi connectivity index (χ0n) is 20.7. The highest BCUT2D eigenvalue weighted by Crippen LogP contribution is 2.38. The summed E-state index contributed by atoms with van der Waals surface area (Å²) in [6, 6.07) is 5.45. The van der Waals surface area contributed by atoms with Gasteiger partial charge in [0.25, 0.3) is 5.91 Å². The second-order valence-corrected chi connectivity index (χ2v) is 8.98. The smallest absolute Gasteiger partial charge is 0.252 e. The van der Waals surface area contributed by atoms with Crippen molar-refractivity contribution >= 4 is 51.1 Å². The molecule has 0 aliphatic carbocycles. The number of hydrogen-bond donors (Lipinski definition) is 0. The van der Waals surface area contributed by atoms with E-state index in [2.05, 4.69) is 9.88 Å². The van der Waals surface area contributed by atoms with Gasteiger partial charge in [0.15, 0.2) is 22.4 Å². The third kappa shape index (κ3) is 6.67. The Morgan fingerprint density at radius 3 is 2.41 bits per heavy atom. The summed E-state index contributed by atoms with van der Waals surface area (Å²) < 4.78 is 49.9. The average Bonchev–Trinajstić information content (AvgIpc) is 3.31. The Bertz CT molecular complexity index is 1240. The topological polar surface area (TPSA) is 73.4 Å². The summed E-state index contributed by atoms with van der Waals surface area (Å²) in [6.45, 7) is 3.66. The number of carbonyl (C=O) groups excluding carboxylic acids is 1. The molecule has 0 N–H and O–H groups in total. The number of fused-ring (bicyclic) bond motifs is 1. The molecule has 0 atom stereocenters. The van der Waals surface area contributed by atoms with Gasteiger partial charge in [-0.2, -0.15) is 0 Å². The number of methoxy groups -OCH3 is 3. The van der Waals surface area contributed by atoms with Crippen LogP contribution in [0.1, 0.15) is 5.56 Å². The van der Waals surface area contributed by atoms with Crippen molar-refractivity contribution < 1.29 is 32.5 Å². The van der Waals surface area contributed by atoms with Crippen molar-refractivity contribution in [3.63, 3.8) is 0 Å². The zero-order chi connectivity index (χ0) is 25.7. The van der Waals surface area contributed by atoms with E-state index in [1.807, 2.05) is 0 Å². The molecule has 3 aromatic rings. The first kappa shape index (κ1) is 28.6. The van der Waals surface area contributed by atoms with Crippen LogP contribution in [0.15, 0.2) is 30.3 Å². The molecule has 0 unspecified atom stereocenters. The third-order valence-electron chi connectivity index (χ3n) is 5.75. The maximum Gasteiger partial charge on any atom is 0.252 e. The Morgan fingerprint density at radius 2 is 1.78 bits per heavy atom. The van der Waals surface area contributed by atoms with E-state index in [9.17, 15) is 13.6 Å². The maximum absolute atomic E-state index is 14.3. The second-order valence-electron chi connectivity index (χ2n) is 7.97. The van der Waals surface area contributed by atoms with Crippen molar-refractivity contribution in [3.05, 3.63) is 47.5 Å². The lowest BCUT2D eigenvalue weighted by Gasteiger charge is -2.28. The quantitative estimate of drug-likeness (QED) is 0.362. The predicted molar refractivity (Wildman–Crippen MR) is 142 cm³/mol. The molecule has 2 aromatic carbocycles. The molecular weight excluding hydrogens is 528 g/mol. The monoisotopic (exact) mass is 555 g/mol. The van der Waals surface area contributed by atoms with Gasteiger partial charge >= 0.3 is 0 Å². The largest absolute Gasteiger partial charge is 0.493 e. The summed E-state index contributed by atoms with van der Waals surface area (Å²) in [6.07, 6.45) is 3.03. The van der Waals surface area contributed by atoms with Crippen LogP contribution in [0.25, 0.3) is 16.3 Å². The standard InChI is InChI=1S/C25H27F2N3O5S.ClH/c1-32-19-12-16(13-20(33-2)24(19)34-3)4-5-22(31)30(7-6-29-8-10-35-11-9-29)25-28-23-18(27)14-17(26)15-21(23)36-25;/h4-5,12-15H,6-11H2,1-3H3;1H/b5-4+;. The van der Waals surface area contributed by atoms with E-state index in [0.29, 0.717) is 58.9 Å². The van der Waals surface area contributed by atoms with Crippen molar-refractivity contribution in [2.24, 2.45) is 0 Å². The van der Waals surface area contributed by atoms with Gasteiger partial charge in [-0.15, -0.1) is 12.4 Å². The molecule has 1 aliphatic rings. The van der Waals surface area contributed by atoms with Crippen LogP contribution >= 0.6 is 23.7 Å². The van der Waals surface area contributed by atoms with Gasteiger partial charge < -0.3 is 18.9 Å². The minimum atomic E-state index is -0.763. The van der Waals surface area contributed by atoms with Crippen molar-refractivity contribution in [2.45, 2.75) is 0 Å². The highest BCUT2D eigenvalue weighted by Gasteiger charge is 2.22. The first-order chi connectivity index (χ1) is 17.4. The van der Waals surface area contributed by atoms with Crippen LogP contribution in [-0.4, -0.2) is 76.5 Å². The summed E-state index contributed by atoms with van der Waals surface area (Å²) in [5, 5.41) is 0.294. The van der Waals surface area contributed by atoms with Gasteiger partial charge in [0.1, 0.15) is 11.3 Å². The first-order valence-corrected chi connectivity index (χ1v) is 12.1. The Morgan fingerprint density at radius 1 is 1.11 bits per heavy atom. The van der Waals surface area contributed by atoms with Crippen molar-refractivity contribution in [1.29, 1.82) is 0 Å². The van der Waals surface area contributed by atoms with Gasteiger partial charge in [0.05, 0.1) is 39.2 Å². The van der Waals surface area contributed by atoms with Gasteiger partial charge in [0.2, 0.25) is 5.75 Å². The summed E-state index contributed by atoms with van der Waals surface area (Å²) in [5.74, 6) is -0.449. The average molecular weight is 556 g/mol. The Kier molecular flexibility index (Phi) is 10.0. The van der Waals surface area contributed by atoms with E-state index in [-0.39, 0.29) is 23.8 Å². The number of carbonyl (C=O) groups is 1. The zero-order valence-corrected chi connectivity index (χ0v) is 22.3. The molecule has 37 heavy (non-hydrogen) atoms. The minimum Gasteiger partial charge on any atom is -0.493 e. The number of amides is 1. The Labute approximate surface area is 223 Å². The molecule has 1 amide bonds. The van der Waals surface area contributed by atoms with E-state index in [0.717, 1.165) is 30.5 Å². The molecule has 0 bridgehead atoms. The van der Waals surface area contributed by atoms with E-state index in [1.54, 1.807) is 18.2 Å². The molecule has 1 aromatic heterocycles. The fraction of sp³-hybridized carbons (Fsp3) is 0.360. The predicted octanol–water partition coefficient (Wildman–Crippen LogP) is 4.40. The molecule has 2 heterocycles. The molecule has 12 heteroatoms. The van der Waals surface area contributed by atoms with Gasteiger partial charge in [0, 0.05) is 38.3 Å². The number of rotatable bonds is 9. The number of ether oxygens (including phenoxy) is 4. The highest BCUT2D eigenvalue weighted by molar-refractivity contribution is 7.22. The number of nitrogens with zero attached hydrogens (tertiary/aromatic N) is 3. The number of benzene rings is 2. The van der Waals surface area contributed by atoms with E-state index >= 15 is 0 Å². The van der Waals surface area contributed by atoms with E-state index in [1.165, 1.54) is 38.4 Å². The summed E-state index contributed by atoms with van der Waals surface area (Å²) in [7, 11) is 4.54. The van der Waals surface area contributed by atoms with Crippen LogP contribution in [0.3, 0.4) is 0 Å². The number of morpholine rings is 1. The molecule has 1 fully saturated rings. The maximum atomic E-state index is 14.3. The van der Waals surface area contributed by atoms with Crippen LogP contribution in [0.2, 0.25) is 0 Å². The van der Waals surface area contributed by atoms with Crippen LogP contribution in [0, 0.1) is 11.6 Å². The molecule has 1 aliphatic heterocycles. The Hall–Kier alpha value is -2.99. The fourth-order valence-corrected chi connectivity index (χ4v) is 4.92. The number of aromatic nitrogens is 1. The molecule has 0 radical (unpaired) electrons. The number of anilines is 1. The first-order valence-electron chi connectivity index (χ1n) is 11.3. The van der Waals surface area contributed by atoms with E-state index in [4.69, 9.17) is 18.9 Å². The molecule has 4 rings (SSSR count). The number of thiazole rings is 1. The minimum absolute atomic E-state index is 0. The van der Waals surface area contributed by atoms with E-state index < -0.39 is 11.6 Å². The van der Waals surface area contributed by atoms with Gasteiger partial charge in [-0.25, -0.2) is 13.8 Å². The van der Waals surface area contributed by atoms with Crippen molar-refractivity contribution in [1.82, 2.24) is 9.88 Å². The van der Waals surface area contributed by atoms with Crippen LogP contribution in [0.5, 0.6) is 17.2 Å². The molecule has 0 spiro atoms. The normalized spacial score (nSPS) is 14.0. The SMILES string of the molecule is COc1cc(/C=C/C(=O)N(CCN2CCOCC2)c2nc3c(F)cc(F)cc3s2)cc(OC)c1OC.Cl. The molecular formula is C25H28ClF2N3O5S. The lowest BCUT2D eigenvalue weighted by Crippen LogP contribution is -2.42. The van der Waals surface area contributed by atoms with Crippen molar-refractivity contribution in [3.8, 4) is 17.2 Å². The molecule has 1 saturated heterocycles. The second kappa shape index (κ2) is 13.0. The van der Waals surface area contributed by atoms with Crippen LogP contribution in [-0.2, 0) is 9.53 Å². The third-order valence-corrected chi connectivity index (χ3v) is 6.77. The van der Waals surface area contributed by atoms with Gasteiger partial charge in [-0.1, -0.05) is 11.3 Å². The molecule has 200 valence electrons. The van der Waals surface area contributed by atoms with Gasteiger partial charge in [-0.05, 0) is 29.8 Å². The summed E-state index contributed by atoms with van der Waals surface area (Å²) >= 11 is 1.07. The lowest BCUT2D eigenvalue weighted by molar-refractivity contribution is -0.114. The highest BCUT2D eigenvalue weighted by atomic mass is 35.5. The fourth-order valence-electron chi connectivity index (χ4n) is 3.88. The lowest BCUT2D eigenvalue weighted by atomic mass is 10.1. The Balaban J connectivity index is 0.00000380. The number of halogens is 3. The molecule has 8 nitrogen and oxygen atoms in total. The van der Waals surface area contributed by atoms with Gasteiger partial charge in [-0.3, -0.25) is 14.6 Å². The van der Waals surface area contributed by atoms with Crippen molar-refractivity contribution in [2.75, 3.05) is 65.6 Å². The summed E-state index contributed by atoms with van der Waals surface area (Å²) in [5.41, 5.74) is 0.692. The number of hydrogen-bond acceptors (Lipinski definition) is 8. The van der Waals surface area contributed by atoms with Crippen LogP contribution < -0.4 is 19.1 Å². The summed E-state index contributed by atoms with van der Waals surface area (Å²) in [4.78, 5) is 21.3. The van der Waals surface area contributed by atoms with Crippen LogP contribution in [0.4, 0.5) is 13.9 Å².